The lowest BCUT2D eigenvalue weighted by Gasteiger charge is -2.48. The largest absolute Gasteiger partial charge is 0.311 e. The van der Waals surface area contributed by atoms with Crippen molar-refractivity contribution >= 4 is 0 Å². The van der Waals surface area contributed by atoms with Crippen molar-refractivity contribution in [2.75, 3.05) is 13.1 Å². The average molecular weight is 276 g/mol. The molecule has 1 N–H and O–H groups in total. The minimum Gasteiger partial charge on any atom is -0.311 e. The molecule has 0 amide bonds. The minimum absolute atomic E-state index is 0.736. The summed E-state index contributed by atoms with van der Waals surface area (Å²) in [6.07, 6.45) is 14.6. The first-order chi connectivity index (χ1) is 9.75. The summed E-state index contributed by atoms with van der Waals surface area (Å²) in [4.78, 5) is 2.86. The monoisotopic (exact) mass is 276 g/mol. The van der Waals surface area contributed by atoms with Gasteiger partial charge in [-0.25, -0.2) is 0 Å². The third-order valence-electron chi connectivity index (χ3n) is 5.86. The molecule has 3 rings (SSSR count). The number of nitrogens with zero attached hydrogens (tertiary/aromatic N) is 1. The molecule has 20 heavy (non-hydrogen) atoms. The number of hydrogen-bond donors (Lipinski definition) is 1. The lowest BCUT2D eigenvalue weighted by Crippen LogP contribution is -2.62. The van der Waals surface area contributed by atoms with Crippen LogP contribution in [0.3, 0.4) is 0 Å². The first kappa shape index (κ1) is 14.6. The lowest BCUT2D eigenvalue weighted by molar-refractivity contribution is 0.0402. The molecule has 2 aliphatic carbocycles. The maximum Gasteiger partial charge on any atom is 0.0247 e. The van der Waals surface area contributed by atoms with Gasteiger partial charge in [-0.15, -0.1) is 0 Å². The van der Waals surface area contributed by atoms with Crippen LogP contribution in [0.2, 0.25) is 0 Å². The first-order valence-electron chi connectivity index (χ1n) is 8.90. The number of rotatable bonds is 3. The summed E-state index contributed by atoms with van der Waals surface area (Å²) in [5.74, 6) is 1.70. The molecule has 0 spiro atoms. The molecular formula is C18H32N2. The van der Waals surface area contributed by atoms with Gasteiger partial charge >= 0.3 is 0 Å². The number of hydrogen-bond acceptors (Lipinski definition) is 2. The Balaban J connectivity index is 1.65. The highest BCUT2D eigenvalue weighted by Gasteiger charge is 2.37. The molecule has 2 heteroatoms. The highest BCUT2D eigenvalue weighted by atomic mass is 15.3. The maximum absolute atomic E-state index is 3.91. The second-order valence-electron chi connectivity index (χ2n) is 7.52. The Morgan fingerprint density at radius 1 is 1.05 bits per heavy atom. The van der Waals surface area contributed by atoms with Crippen LogP contribution in [0.4, 0.5) is 0 Å². The van der Waals surface area contributed by atoms with Crippen LogP contribution < -0.4 is 5.32 Å². The molecule has 1 saturated carbocycles. The van der Waals surface area contributed by atoms with Crippen LogP contribution in [0.1, 0.15) is 58.8 Å². The van der Waals surface area contributed by atoms with Crippen LogP contribution in [0, 0.1) is 11.8 Å². The Morgan fingerprint density at radius 2 is 1.75 bits per heavy atom. The molecule has 2 fully saturated rings. The van der Waals surface area contributed by atoms with E-state index in [4.69, 9.17) is 0 Å². The molecule has 0 radical (unpaired) electrons. The fourth-order valence-corrected chi connectivity index (χ4v) is 4.58. The van der Waals surface area contributed by atoms with Crippen molar-refractivity contribution < 1.29 is 0 Å². The van der Waals surface area contributed by atoms with Gasteiger partial charge in [-0.2, -0.15) is 0 Å². The standard InChI is InChI=1S/C18H32N2/c1-14(2)18-12-19-17(15-8-4-3-5-9-15)13-20(18)16-10-6-7-11-16/h6-7,14-19H,3-5,8-13H2,1-2H3. The van der Waals surface area contributed by atoms with Crippen molar-refractivity contribution in [2.45, 2.75) is 76.9 Å². The fourth-order valence-electron chi connectivity index (χ4n) is 4.58. The Kier molecular flexibility index (Phi) is 4.83. The van der Waals surface area contributed by atoms with Gasteiger partial charge in [-0.05, 0) is 37.5 Å². The van der Waals surface area contributed by atoms with E-state index in [9.17, 15) is 0 Å². The molecule has 3 aliphatic rings. The highest BCUT2D eigenvalue weighted by Crippen LogP contribution is 2.31. The minimum atomic E-state index is 0.736. The van der Waals surface area contributed by atoms with Crippen molar-refractivity contribution in [3.8, 4) is 0 Å². The molecule has 2 nitrogen and oxygen atoms in total. The van der Waals surface area contributed by atoms with Crippen LogP contribution in [-0.4, -0.2) is 36.1 Å². The zero-order chi connectivity index (χ0) is 13.9. The van der Waals surface area contributed by atoms with E-state index < -0.39 is 0 Å². The SMILES string of the molecule is CC(C)C1CNC(C2CCCCC2)CN1C1CC=CC1. The third-order valence-corrected chi connectivity index (χ3v) is 5.86. The Bertz CT molecular complexity index is 322. The highest BCUT2D eigenvalue weighted by molar-refractivity contribution is 5.03. The van der Waals surface area contributed by atoms with E-state index in [1.165, 1.54) is 58.0 Å². The van der Waals surface area contributed by atoms with E-state index in [0.29, 0.717) is 0 Å². The molecule has 2 unspecified atom stereocenters. The van der Waals surface area contributed by atoms with Gasteiger partial charge < -0.3 is 5.32 Å². The van der Waals surface area contributed by atoms with Crippen LogP contribution in [-0.2, 0) is 0 Å². The van der Waals surface area contributed by atoms with Gasteiger partial charge in [0.1, 0.15) is 0 Å². The third kappa shape index (κ3) is 3.12. The van der Waals surface area contributed by atoms with Gasteiger partial charge in [0.25, 0.3) is 0 Å². The van der Waals surface area contributed by atoms with Crippen LogP contribution in [0.15, 0.2) is 12.2 Å². The first-order valence-corrected chi connectivity index (χ1v) is 8.90. The summed E-state index contributed by atoms with van der Waals surface area (Å²) < 4.78 is 0. The smallest absolute Gasteiger partial charge is 0.0247 e. The van der Waals surface area contributed by atoms with Gasteiger partial charge in [-0.3, -0.25) is 4.90 Å². The Hall–Kier alpha value is -0.340. The van der Waals surface area contributed by atoms with Crippen LogP contribution in [0.5, 0.6) is 0 Å². The predicted molar refractivity (Wildman–Crippen MR) is 85.9 cm³/mol. The van der Waals surface area contributed by atoms with Gasteiger partial charge in [-0.1, -0.05) is 45.3 Å². The summed E-state index contributed by atoms with van der Waals surface area (Å²) in [7, 11) is 0. The summed E-state index contributed by atoms with van der Waals surface area (Å²) >= 11 is 0. The quantitative estimate of drug-likeness (QED) is 0.793. The van der Waals surface area contributed by atoms with E-state index in [-0.39, 0.29) is 0 Å². The molecule has 1 aliphatic heterocycles. The van der Waals surface area contributed by atoms with Crippen LogP contribution in [0.25, 0.3) is 0 Å². The Labute approximate surface area is 125 Å². The fraction of sp³-hybridized carbons (Fsp3) is 0.889. The van der Waals surface area contributed by atoms with Crippen molar-refractivity contribution in [1.29, 1.82) is 0 Å². The molecule has 0 bridgehead atoms. The van der Waals surface area contributed by atoms with Crippen molar-refractivity contribution in [1.82, 2.24) is 10.2 Å². The normalized spacial score (nSPS) is 34.1. The molecular weight excluding hydrogens is 244 g/mol. The summed E-state index contributed by atoms with van der Waals surface area (Å²) in [6, 6.07) is 2.28. The predicted octanol–water partition coefficient (Wildman–Crippen LogP) is 3.58. The zero-order valence-corrected chi connectivity index (χ0v) is 13.4. The van der Waals surface area contributed by atoms with Crippen molar-refractivity contribution in [2.24, 2.45) is 11.8 Å². The van der Waals surface area contributed by atoms with Crippen LogP contribution >= 0.6 is 0 Å². The molecule has 1 saturated heterocycles. The molecule has 1 heterocycles. The van der Waals surface area contributed by atoms with Gasteiger partial charge in [0.2, 0.25) is 0 Å². The van der Waals surface area contributed by atoms with Gasteiger partial charge in [0.15, 0.2) is 0 Å². The Morgan fingerprint density at radius 3 is 2.40 bits per heavy atom. The maximum atomic E-state index is 3.91. The van der Waals surface area contributed by atoms with Crippen molar-refractivity contribution in [3.05, 3.63) is 12.2 Å². The topological polar surface area (TPSA) is 15.3 Å². The molecule has 0 aromatic rings. The molecule has 0 aromatic carbocycles. The van der Waals surface area contributed by atoms with E-state index in [1.54, 1.807) is 0 Å². The summed E-state index contributed by atoms with van der Waals surface area (Å²) in [6.45, 7) is 7.28. The molecule has 114 valence electrons. The zero-order valence-electron chi connectivity index (χ0n) is 13.4. The number of piperazine rings is 1. The van der Waals surface area contributed by atoms with Gasteiger partial charge in [0.05, 0.1) is 0 Å². The second kappa shape index (κ2) is 6.62. The van der Waals surface area contributed by atoms with E-state index in [1.807, 2.05) is 0 Å². The molecule has 2 atom stereocenters. The van der Waals surface area contributed by atoms with E-state index in [2.05, 4.69) is 36.2 Å². The van der Waals surface area contributed by atoms with E-state index in [0.717, 1.165) is 30.0 Å². The molecule has 0 aromatic heterocycles. The lowest BCUT2D eigenvalue weighted by atomic mass is 9.81. The number of nitrogens with one attached hydrogen (secondary N) is 1. The van der Waals surface area contributed by atoms with Gasteiger partial charge in [0, 0.05) is 31.2 Å². The van der Waals surface area contributed by atoms with Crippen molar-refractivity contribution in [3.63, 3.8) is 0 Å². The average Bonchev–Trinajstić information content (AvgIpc) is 3.01. The second-order valence-corrected chi connectivity index (χ2v) is 7.52. The summed E-state index contributed by atoms with van der Waals surface area (Å²) in [5.41, 5.74) is 0. The summed E-state index contributed by atoms with van der Waals surface area (Å²) in [5, 5.41) is 3.91. The van der Waals surface area contributed by atoms with E-state index >= 15 is 0 Å².